The molecule has 0 amide bonds. The van der Waals surface area contributed by atoms with Crippen LogP contribution in [0.2, 0.25) is 0 Å². The SMILES string of the molecule is CC(N)C(c1cccc(F)c1)n1cnc2c1CCCC2. The van der Waals surface area contributed by atoms with Gasteiger partial charge in [0.15, 0.2) is 0 Å². The molecule has 1 aliphatic carbocycles. The molecule has 0 saturated carbocycles. The number of halogens is 1. The van der Waals surface area contributed by atoms with Gasteiger partial charge in [-0.25, -0.2) is 9.37 Å². The molecular weight excluding hydrogens is 253 g/mol. The smallest absolute Gasteiger partial charge is 0.123 e. The van der Waals surface area contributed by atoms with Crippen LogP contribution in [-0.4, -0.2) is 15.6 Å². The molecule has 0 bridgehead atoms. The van der Waals surface area contributed by atoms with Crippen molar-refractivity contribution >= 4 is 0 Å². The molecule has 2 N–H and O–H groups in total. The molecule has 0 spiro atoms. The van der Waals surface area contributed by atoms with Crippen LogP contribution in [0.5, 0.6) is 0 Å². The van der Waals surface area contributed by atoms with Crippen LogP contribution in [0.4, 0.5) is 4.39 Å². The molecular formula is C16H20FN3. The van der Waals surface area contributed by atoms with E-state index in [4.69, 9.17) is 5.73 Å². The van der Waals surface area contributed by atoms with E-state index in [9.17, 15) is 4.39 Å². The Bertz CT molecular complexity index is 604. The predicted octanol–water partition coefficient (Wildman–Crippen LogP) is 2.84. The van der Waals surface area contributed by atoms with Gasteiger partial charge in [-0.15, -0.1) is 0 Å². The summed E-state index contributed by atoms with van der Waals surface area (Å²) in [7, 11) is 0. The van der Waals surface area contributed by atoms with Crippen molar-refractivity contribution in [2.75, 3.05) is 0 Å². The average molecular weight is 273 g/mol. The van der Waals surface area contributed by atoms with Crippen molar-refractivity contribution in [3.8, 4) is 0 Å². The summed E-state index contributed by atoms with van der Waals surface area (Å²) in [6.45, 7) is 1.96. The van der Waals surface area contributed by atoms with E-state index in [2.05, 4.69) is 9.55 Å². The standard InChI is InChI=1S/C16H20FN3/c1-11(18)16(12-5-4-6-13(17)9-12)20-10-19-14-7-2-3-8-15(14)20/h4-6,9-11,16H,2-3,7-8,18H2,1H3. The molecule has 0 radical (unpaired) electrons. The zero-order valence-electron chi connectivity index (χ0n) is 11.7. The van der Waals surface area contributed by atoms with Crippen molar-refractivity contribution in [1.29, 1.82) is 0 Å². The summed E-state index contributed by atoms with van der Waals surface area (Å²) in [5, 5.41) is 0. The van der Waals surface area contributed by atoms with Gasteiger partial charge in [0.1, 0.15) is 5.82 Å². The highest BCUT2D eigenvalue weighted by Gasteiger charge is 2.24. The number of nitrogens with zero attached hydrogens (tertiary/aromatic N) is 2. The molecule has 1 aromatic carbocycles. The first-order chi connectivity index (χ1) is 9.66. The quantitative estimate of drug-likeness (QED) is 0.934. The number of imidazole rings is 1. The van der Waals surface area contributed by atoms with Crippen LogP contribution in [0.3, 0.4) is 0 Å². The number of benzene rings is 1. The van der Waals surface area contributed by atoms with Crippen LogP contribution in [0, 0.1) is 5.82 Å². The number of aryl methyl sites for hydroxylation is 1. The highest BCUT2D eigenvalue weighted by Crippen LogP contribution is 2.28. The van der Waals surface area contributed by atoms with Crippen molar-refractivity contribution < 1.29 is 4.39 Å². The Morgan fingerprint density at radius 2 is 2.10 bits per heavy atom. The van der Waals surface area contributed by atoms with Gasteiger partial charge in [0.05, 0.1) is 18.1 Å². The van der Waals surface area contributed by atoms with E-state index in [1.165, 1.54) is 30.3 Å². The Labute approximate surface area is 118 Å². The van der Waals surface area contributed by atoms with E-state index in [1.807, 2.05) is 19.3 Å². The molecule has 0 saturated heterocycles. The highest BCUT2D eigenvalue weighted by molar-refractivity contribution is 5.26. The van der Waals surface area contributed by atoms with E-state index in [1.54, 1.807) is 12.1 Å². The van der Waals surface area contributed by atoms with Crippen LogP contribution < -0.4 is 5.73 Å². The molecule has 1 aromatic heterocycles. The maximum absolute atomic E-state index is 13.5. The molecule has 0 fully saturated rings. The first-order valence-electron chi connectivity index (χ1n) is 7.22. The largest absolute Gasteiger partial charge is 0.326 e. The zero-order valence-corrected chi connectivity index (χ0v) is 11.7. The summed E-state index contributed by atoms with van der Waals surface area (Å²) in [4.78, 5) is 4.52. The molecule has 2 aromatic rings. The lowest BCUT2D eigenvalue weighted by atomic mass is 9.97. The first kappa shape index (κ1) is 13.3. The Morgan fingerprint density at radius 3 is 2.85 bits per heavy atom. The van der Waals surface area contributed by atoms with Gasteiger partial charge in [-0.05, 0) is 50.3 Å². The lowest BCUT2D eigenvalue weighted by molar-refractivity contribution is 0.470. The predicted molar refractivity (Wildman–Crippen MR) is 77.1 cm³/mol. The van der Waals surface area contributed by atoms with Crippen molar-refractivity contribution in [3.63, 3.8) is 0 Å². The fourth-order valence-electron chi connectivity index (χ4n) is 3.14. The summed E-state index contributed by atoms with van der Waals surface area (Å²) in [6, 6.07) is 6.56. The van der Waals surface area contributed by atoms with E-state index in [-0.39, 0.29) is 17.9 Å². The molecule has 1 heterocycles. The zero-order chi connectivity index (χ0) is 14.1. The number of nitrogens with two attached hydrogens (primary N) is 1. The van der Waals surface area contributed by atoms with E-state index in [0.717, 1.165) is 18.4 Å². The second kappa shape index (κ2) is 5.37. The van der Waals surface area contributed by atoms with E-state index < -0.39 is 0 Å². The maximum atomic E-state index is 13.5. The third-order valence-corrected chi connectivity index (χ3v) is 4.05. The topological polar surface area (TPSA) is 43.8 Å². The van der Waals surface area contributed by atoms with Crippen molar-refractivity contribution in [2.24, 2.45) is 5.73 Å². The third kappa shape index (κ3) is 2.36. The Balaban J connectivity index is 2.05. The molecule has 2 atom stereocenters. The van der Waals surface area contributed by atoms with E-state index in [0.29, 0.717) is 0 Å². The van der Waals surface area contributed by atoms with Crippen LogP contribution in [-0.2, 0) is 12.8 Å². The summed E-state index contributed by atoms with van der Waals surface area (Å²) in [6.07, 6.45) is 6.33. The van der Waals surface area contributed by atoms with Gasteiger partial charge >= 0.3 is 0 Å². The minimum absolute atomic E-state index is 0.0555. The number of rotatable bonds is 3. The molecule has 1 aliphatic rings. The van der Waals surface area contributed by atoms with Crippen molar-refractivity contribution in [1.82, 2.24) is 9.55 Å². The summed E-state index contributed by atoms with van der Waals surface area (Å²) in [5.74, 6) is -0.220. The second-order valence-corrected chi connectivity index (χ2v) is 5.61. The molecule has 4 heteroatoms. The first-order valence-corrected chi connectivity index (χ1v) is 7.22. The molecule has 0 aliphatic heterocycles. The Kier molecular flexibility index (Phi) is 3.57. The van der Waals surface area contributed by atoms with E-state index >= 15 is 0 Å². The van der Waals surface area contributed by atoms with Crippen LogP contribution in [0.25, 0.3) is 0 Å². The molecule has 2 unspecified atom stereocenters. The monoisotopic (exact) mass is 273 g/mol. The van der Waals surface area contributed by atoms with Gasteiger partial charge in [-0.2, -0.15) is 0 Å². The van der Waals surface area contributed by atoms with Gasteiger partial charge in [-0.1, -0.05) is 12.1 Å². The number of hydrogen-bond donors (Lipinski definition) is 1. The summed E-state index contributed by atoms with van der Waals surface area (Å²) in [5.41, 5.74) is 9.53. The van der Waals surface area contributed by atoms with Crippen molar-refractivity contribution in [3.05, 3.63) is 53.4 Å². The van der Waals surface area contributed by atoms with Gasteiger partial charge in [-0.3, -0.25) is 0 Å². The van der Waals surface area contributed by atoms with Gasteiger partial charge < -0.3 is 10.3 Å². The fraction of sp³-hybridized carbons (Fsp3) is 0.438. The Morgan fingerprint density at radius 1 is 1.30 bits per heavy atom. The number of fused-ring (bicyclic) bond motifs is 1. The third-order valence-electron chi connectivity index (χ3n) is 4.05. The van der Waals surface area contributed by atoms with Gasteiger partial charge in [0.2, 0.25) is 0 Å². The normalized spacial score (nSPS) is 17.6. The number of aromatic nitrogens is 2. The van der Waals surface area contributed by atoms with Crippen LogP contribution in [0.1, 0.15) is 42.8 Å². The maximum Gasteiger partial charge on any atom is 0.123 e. The molecule has 106 valence electrons. The second-order valence-electron chi connectivity index (χ2n) is 5.61. The summed E-state index contributed by atoms with van der Waals surface area (Å²) >= 11 is 0. The van der Waals surface area contributed by atoms with Gasteiger partial charge in [0, 0.05) is 11.7 Å². The fourth-order valence-corrected chi connectivity index (χ4v) is 3.14. The minimum Gasteiger partial charge on any atom is -0.326 e. The molecule has 3 nitrogen and oxygen atoms in total. The summed E-state index contributed by atoms with van der Waals surface area (Å²) < 4.78 is 15.7. The molecule has 20 heavy (non-hydrogen) atoms. The highest BCUT2D eigenvalue weighted by atomic mass is 19.1. The lowest BCUT2D eigenvalue weighted by Crippen LogP contribution is -2.31. The van der Waals surface area contributed by atoms with Crippen LogP contribution >= 0.6 is 0 Å². The Hall–Kier alpha value is -1.68. The number of hydrogen-bond acceptors (Lipinski definition) is 2. The lowest BCUT2D eigenvalue weighted by Gasteiger charge is -2.26. The average Bonchev–Trinajstić information content (AvgIpc) is 2.83. The van der Waals surface area contributed by atoms with Crippen LogP contribution in [0.15, 0.2) is 30.6 Å². The van der Waals surface area contributed by atoms with Gasteiger partial charge in [0.25, 0.3) is 0 Å². The molecule has 3 rings (SSSR count). The minimum atomic E-state index is -0.220. The van der Waals surface area contributed by atoms with Crippen molar-refractivity contribution in [2.45, 2.75) is 44.7 Å².